The van der Waals surface area contributed by atoms with Gasteiger partial charge in [-0.3, -0.25) is 9.59 Å². The fraction of sp³-hybridized carbons (Fsp3) is 0.318. The number of carbonyl (C=O) groups excluding carboxylic acids is 1. The summed E-state index contributed by atoms with van der Waals surface area (Å²) in [5.74, 6) is 0.0660. The van der Waals surface area contributed by atoms with Gasteiger partial charge in [-0.05, 0) is 62.9 Å². The van der Waals surface area contributed by atoms with Gasteiger partial charge in [0.1, 0.15) is 11.4 Å². The zero-order valence-electron chi connectivity index (χ0n) is 18.0. The van der Waals surface area contributed by atoms with Crippen molar-refractivity contribution in [3.05, 3.63) is 69.2 Å². The Kier molecular flexibility index (Phi) is 6.07. The summed E-state index contributed by atoms with van der Waals surface area (Å²) in [4.78, 5) is 42.1. The fourth-order valence-electron chi connectivity index (χ4n) is 2.85. The number of carbonyl (C=O) groups is 1. The fourth-order valence-corrected chi connectivity index (χ4v) is 3.72. The topological polar surface area (TPSA) is 101 Å². The van der Waals surface area contributed by atoms with E-state index in [1.54, 1.807) is 19.1 Å². The van der Waals surface area contributed by atoms with E-state index >= 15 is 0 Å². The van der Waals surface area contributed by atoms with E-state index in [4.69, 9.17) is 0 Å². The molecule has 0 saturated heterocycles. The molecule has 0 saturated carbocycles. The number of hydrogen-bond acceptors (Lipinski definition) is 6. The maximum absolute atomic E-state index is 12.7. The van der Waals surface area contributed by atoms with Crippen molar-refractivity contribution in [2.75, 3.05) is 5.32 Å². The van der Waals surface area contributed by atoms with Gasteiger partial charge in [0.2, 0.25) is 0 Å². The van der Waals surface area contributed by atoms with Crippen LogP contribution < -0.4 is 10.9 Å². The lowest BCUT2D eigenvalue weighted by molar-refractivity contribution is 0.102. The molecule has 3 rings (SSSR count). The van der Waals surface area contributed by atoms with E-state index in [9.17, 15) is 9.59 Å². The van der Waals surface area contributed by atoms with Crippen LogP contribution in [0.3, 0.4) is 0 Å². The van der Waals surface area contributed by atoms with Crippen molar-refractivity contribution in [1.82, 2.24) is 19.9 Å². The van der Waals surface area contributed by atoms with Gasteiger partial charge in [-0.2, -0.15) is 0 Å². The highest BCUT2D eigenvalue weighted by Gasteiger charge is 2.22. The third kappa shape index (κ3) is 5.13. The number of hydrogen-bond donors (Lipinski definition) is 2. The molecule has 0 atom stereocenters. The minimum absolute atomic E-state index is 0.0186. The van der Waals surface area contributed by atoms with E-state index in [0.717, 1.165) is 16.3 Å². The summed E-state index contributed by atoms with van der Waals surface area (Å²) in [5, 5.41) is 3.45. The monoisotopic (exact) mass is 423 g/mol. The number of nitrogens with zero attached hydrogens (tertiary/aromatic N) is 3. The van der Waals surface area contributed by atoms with Gasteiger partial charge in [0, 0.05) is 27.4 Å². The summed E-state index contributed by atoms with van der Waals surface area (Å²) in [7, 11) is 0. The second kappa shape index (κ2) is 8.39. The molecule has 2 aromatic heterocycles. The van der Waals surface area contributed by atoms with Crippen molar-refractivity contribution in [3.8, 4) is 0 Å². The first-order valence-electron chi connectivity index (χ1n) is 9.56. The Morgan fingerprint density at radius 3 is 2.13 bits per heavy atom. The molecule has 8 heteroatoms. The molecule has 0 fully saturated rings. The highest BCUT2D eigenvalue weighted by molar-refractivity contribution is 7.99. The van der Waals surface area contributed by atoms with Gasteiger partial charge in [0.15, 0.2) is 5.16 Å². The van der Waals surface area contributed by atoms with Crippen LogP contribution in [0.25, 0.3) is 0 Å². The Morgan fingerprint density at radius 1 is 1.00 bits per heavy atom. The van der Waals surface area contributed by atoms with Crippen LogP contribution in [-0.2, 0) is 5.41 Å². The molecule has 7 nitrogen and oxygen atoms in total. The molecular weight excluding hydrogens is 398 g/mol. The average Bonchev–Trinajstić information content (AvgIpc) is 2.61. The second-order valence-electron chi connectivity index (χ2n) is 8.14. The van der Waals surface area contributed by atoms with Gasteiger partial charge in [-0.15, -0.1) is 0 Å². The van der Waals surface area contributed by atoms with Crippen molar-refractivity contribution in [1.29, 1.82) is 0 Å². The highest BCUT2D eigenvalue weighted by atomic mass is 32.2. The smallest absolute Gasteiger partial charge is 0.264 e. The number of aromatic amines is 1. The minimum Gasteiger partial charge on any atom is -0.322 e. The quantitative estimate of drug-likeness (QED) is 0.611. The molecule has 0 aliphatic carbocycles. The van der Waals surface area contributed by atoms with Crippen LogP contribution in [0.1, 0.15) is 54.0 Å². The Morgan fingerprint density at radius 2 is 1.60 bits per heavy atom. The molecule has 0 bridgehead atoms. The van der Waals surface area contributed by atoms with E-state index in [2.05, 4.69) is 25.3 Å². The molecule has 1 amide bonds. The number of anilines is 1. The summed E-state index contributed by atoms with van der Waals surface area (Å²) < 4.78 is 0. The van der Waals surface area contributed by atoms with Gasteiger partial charge < -0.3 is 10.3 Å². The van der Waals surface area contributed by atoms with E-state index in [0.29, 0.717) is 22.4 Å². The molecule has 0 aliphatic heterocycles. The van der Waals surface area contributed by atoms with Gasteiger partial charge in [0.25, 0.3) is 11.5 Å². The van der Waals surface area contributed by atoms with Crippen LogP contribution in [-0.4, -0.2) is 25.8 Å². The van der Waals surface area contributed by atoms with Crippen LogP contribution in [0.15, 0.2) is 45.2 Å². The number of aromatic nitrogens is 4. The predicted octanol–water partition coefficient (Wildman–Crippen LogP) is 4.19. The summed E-state index contributed by atoms with van der Waals surface area (Å²) >= 11 is 1.45. The maximum atomic E-state index is 12.7. The molecule has 0 spiro atoms. The maximum Gasteiger partial charge on any atom is 0.264 e. The standard InChI is InChI=1S/C22H25N5O2S/c1-12-11-13(2)24-21(23-12)30-16-9-7-15(8-10-16)26-18(28)17-14(3)25-20(22(4,5)6)27-19(17)29/h7-11H,1-6H3,(H,26,28)(H,25,27,29). The first kappa shape index (κ1) is 21.7. The molecule has 30 heavy (non-hydrogen) atoms. The number of nitrogens with one attached hydrogen (secondary N) is 2. The predicted molar refractivity (Wildman–Crippen MR) is 118 cm³/mol. The lowest BCUT2D eigenvalue weighted by atomic mass is 9.95. The molecular formula is C22H25N5O2S. The van der Waals surface area contributed by atoms with Gasteiger partial charge in [0.05, 0.1) is 5.69 Å². The molecule has 0 unspecified atom stereocenters. The second-order valence-corrected chi connectivity index (χ2v) is 9.18. The zero-order valence-corrected chi connectivity index (χ0v) is 18.8. The van der Waals surface area contributed by atoms with E-state index < -0.39 is 11.5 Å². The Bertz CT molecular complexity index is 1130. The molecule has 0 radical (unpaired) electrons. The molecule has 156 valence electrons. The Labute approximate surface area is 179 Å². The molecule has 2 N–H and O–H groups in total. The molecule has 0 aliphatic rings. The van der Waals surface area contributed by atoms with Crippen molar-refractivity contribution < 1.29 is 4.79 Å². The van der Waals surface area contributed by atoms with Crippen molar-refractivity contribution in [2.24, 2.45) is 0 Å². The van der Waals surface area contributed by atoms with Crippen LogP contribution in [0, 0.1) is 20.8 Å². The third-order valence-corrected chi connectivity index (χ3v) is 5.19. The number of rotatable bonds is 4. The number of aryl methyl sites for hydroxylation is 3. The van der Waals surface area contributed by atoms with E-state index in [1.165, 1.54) is 11.8 Å². The minimum atomic E-state index is -0.486. The molecule has 2 heterocycles. The van der Waals surface area contributed by atoms with Gasteiger partial charge in [-0.1, -0.05) is 20.8 Å². The largest absolute Gasteiger partial charge is 0.322 e. The number of H-pyrrole nitrogens is 1. The first-order chi connectivity index (χ1) is 14.0. The van der Waals surface area contributed by atoms with Gasteiger partial charge >= 0.3 is 0 Å². The third-order valence-electron chi connectivity index (χ3n) is 4.32. The lowest BCUT2D eigenvalue weighted by Crippen LogP contribution is -2.30. The van der Waals surface area contributed by atoms with Crippen LogP contribution in [0.2, 0.25) is 0 Å². The summed E-state index contributed by atoms with van der Waals surface area (Å²) in [6, 6.07) is 9.24. The lowest BCUT2D eigenvalue weighted by Gasteiger charge is -2.18. The normalized spacial score (nSPS) is 11.4. The average molecular weight is 424 g/mol. The number of benzene rings is 1. The Hall–Kier alpha value is -3.00. The van der Waals surface area contributed by atoms with Crippen molar-refractivity contribution in [2.45, 2.75) is 57.0 Å². The molecule has 1 aromatic carbocycles. The summed E-state index contributed by atoms with van der Waals surface area (Å²) in [6.45, 7) is 11.4. The summed E-state index contributed by atoms with van der Waals surface area (Å²) in [5.41, 5.74) is 2.09. The number of amides is 1. The zero-order chi connectivity index (χ0) is 22.1. The van der Waals surface area contributed by atoms with Crippen molar-refractivity contribution in [3.63, 3.8) is 0 Å². The van der Waals surface area contributed by atoms with E-state index in [-0.39, 0.29) is 11.0 Å². The summed E-state index contributed by atoms with van der Waals surface area (Å²) in [6.07, 6.45) is 0. The van der Waals surface area contributed by atoms with Crippen molar-refractivity contribution >= 4 is 23.4 Å². The van der Waals surface area contributed by atoms with Gasteiger partial charge in [-0.25, -0.2) is 15.0 Å². The molecule has 3 aromatic rings. The SMILES string of the molecule is Cc1cc(C)nc(Sc2ccc(NC(=O)c3c(C)nc(C(C)(C)C)[nH]c3=O)cc2)n1. The highest BCUT2D eigenvalue weighted by Crippen LogP contribution is 2.26. The first-order valence-corrected chi connectivity index (χ1v) is 10.4. The Balaban J connectivity index is 1.76. The van der Waals surface area contributed by atoms with E-state index in [1.807, 2.05) is 52.8 Å². The van der Waals surface area contributed by atoms with Crippen LogP contribution >= 0.6 is 11.8 Å². The van der Waals surface area contributed by atoms with Crippen LogP contribution in [0.4, 0.5) is 5.69 Å². The van der Waals surface area contributed by atoms with Crippen LogP contribution in [0.5, 0.6) is 0 Å².